The van der Waals surface area contributed by atoms with Crippen LogP contribution in [0.4, 0.5) is 0 Å². The van der Waals surface area contributed by atoms with Crippen molar-refractivity contribution in [2.45, 2.75) is 70.0 Å². The lowest BCUT2D eigenvalue weighted by Gasteiger charge is -2.38. The highest BCUT2D eigenvalue weighted by Gasteiger charge is 2.33. The summed E-state index contributed by atoms with van der Waals surface area (Å²) < 4.78 is 3.18. The van der Waals surface area contributed by atoms with Gasteiger partial charge in [0.1, 0.15) is 6.04 Å². The number of hydrogen-bond donors (Lipinski definition) is 1. The van der Waals surface area contributed by atoms with E-state index in [9.17, 15) is 14.4 Å². The van der Waals surface area contributed by atoms with Gasteiger partial charge in [-0.05, 0) is 55.8 Å². The lowest BCUT2D eigenvalue weighted by Crippen LogP contribution is -2.50. The third-order valence-corrected chi connectivity index (χ3v) is 9.49. The fraction of sp³-hybridized carbons (Fsp3) is 0.690. The van der Waals surface area contributed by atoms with E-state index in [2.05, 4.69) is 32.1 Å². The monoisotopic (exact) mass is 522 g/mol. The normalized spacial score (nSPS) is 26.9. The first-order chi connectivity index (χ1) is 18.5. The molecule has 9 heteroatoms. The van der Waals surface area contributed by atoms with Crippen LogP contribution in [0.15, 0.2) is 23.0 Å². The van der Waals surface area contributed by atoms with Crippen LogP contribution in [0.2, 0.25) is 0 Å². The molecular weight excluding hydrogens is 480 g/mol. The Bertz CT molecular complexity index is 1240. The molecule has 3 aliphatic heterocycles. The predicted octanol–water partition coefficient (Wildman–Crippen LogP) is 2.09. The first-order valence-electron chi connectivity index (χ1n) is 14.7. The summed E-state index contributed by atoms with van der Waals surface area (Å²) in [4.78, 5) is 45.1. The number of hydrogen-bond acceptors (Lipinski definition) is 6. The Labute approximate surface area is 224 Å². The molecule has 1 aromatic carbocycles. The standard InChI is InChI=1S/C29H42N6O3/c1-31-26-17-22(7-8-24(26)35(29(31)38)25-9-10-27(36)30-28(25)37)19-32-13-15-34(16-14-32)23-11-12-33(20-23)18-21-5-3-2-4-6-21/h7-8,17,21,23,25H,2-6,9-16,18-20H2,1H3,(H,30,36,37)/t23-,25?/m1/s1. The Hall–Kier alpha value is -2.49. The van der Waals surface area contributed by atoms with E-state index in [4.69, 9.17) is 0 Å². The van der Waals surface area contributed by atoms with Crippen molar-refractivity contribution in [2.24, 2.45) is 13.0 Å². The number of imidazole rings is 1. The van der Waals surface area contributed by atoms with Gasteiger partial charge in [0, 0.05) is 65.3 Å². The number of carbonyl (C=O) groups excluding carboxylic acids is 2. The number of carbonyl (C=O) groups is 2. The zero-order valence-corrected chi connectivity index (χ0v) is 22.7. The average molecular weight is 523 g/mol. The molecule has 4 aliphatic rings. The molecule has 3 saturated heterocycles. The third-order valence-electron chi connectivity index (χ3n) is 9.49. The van der Waals surface area contributed by atoms with Crippen LogP contribution in [0.25, 0.3) is 11.0 Å². The van der Waals surface area contributed by atoms with E-state index in [1.807, 2.05) is 6.07 Å². The summed E-state index contributed by atoms with van der Waals surface area (Å²) in [5.74, 6) is 0.265. The number of imide groups is 1. The Morgan fingerprint density at radius 3 is 2.42 bits per heavy atom. The maximum Gasteiger partial charge on any atom is 0.329 e. The minimum absolute atomic E-state index is 0.214. The van der Waals surface area contributed by atoms with Crippen LogP contribution in [0.5, 0.6) is 0 Å². The van der Waals surface area contributed by atoms with Crippen LogP contribution in [0, 0.1) is 5.92 Å². The van der Waals surface area contributed by atoms with E-state index in [1.54, 1.807) is 16.2 Å². The van der Waals surface area contributed by atoms with Crippen LogP contribution in [-0.4, -0.2) is 87.5 Å². The minimum atomic E-state index is -0.642. The van der Waals surface area contributed by atoms with Gasteiger partial charge in [-0.3, -0.25) is 33.8 Å². The molecular formula is C29H42N6O3. The molecule has 0 spiro atoms. The molecule has 38 heavy (non-hydrogen) atoms. The van der Waals surface area contributed by atoms with Gasteiger partial charge in [-0.25, -0.2) is 4.79 Å². The van der Waals surface area contributed by atoms with Crippen molar-refractivity contribution in [3.05, 3.63) is 34.2 Å². The summed E-state index contributed by atoms with van der Waals surface area (Å²) in [5, 5.41) is 2.38. The van der Waals surface area contributed by atoms with Crippen LogP contribution in [0.3, 0.4) is 0 Å². The highest BCUT2D eigenvalue weighted by Crippen LogP contribution is 2.27. The number of likely N-dealkylation sites (tertiary alicyclic amines) is 1. The summed E-state index contributed by atoms with van der Waals surface area (Å²) in [6.45, 7) is 9.04. The molecule has 0 radical (unpaired) electrons. The third kappa shape index (κ3) is 5.20. The lowest BCUT2D eigenvalue weighted by molar-refractivity contribution is -0.135. The SMILES string of the molecule is Cn1c(=O)n(C2CCC(=O)NC2=O)c2ccc(CN3CCN([C@@H]4CCN(CC5CCCCC5)C4)CC3)cc21. The van der Waals surface area contributed by atoms with Crippen LogP contribution in [-0.2, 0) is 23.2 Å². The van der Waals surface area contributed by atoms with E-state index >= 15 is 0 Å². The first-order valence-corrected chi connectivity index (χ1v) is 14.7. The van der Waals surface area contributed by atoms with E-state index in [0.29, 0.717) is 12.5 Å². The molecule has 2 atom stereocenters. The van der Waals surface area contributed by atoms with E-state index < -0.39 is 11.9 Å². The minimum Gasteiger partial charge on any atom is -0.301 e. The fourth-order valence-electron chi connectivity index (χ4n) is 7.29. The molecule has 6 rings (SSSR count). The van der Waals surface area contributed by atoms with Crippen LogP contribution in [0.1, 0.15) is 63.0 Å². The molecule has 1 saturated carbocycles. The zero-order chi connectivity index (χ0) is 26.2. The van der Waals surface area contributed by atoms with Gasteiger partial charge in [0.2, 0.25) is 11.8 Å². The number of nitrogens with zero attached hydrogens (tertiary/aromatic N) is 5. The average Bonchev–Trinajstić information content (AvgIpc) is 3.48. The van der Waals surface area contributed by atoms with Crippen molar-refractivity contribution in [3.63, 3.8) is 0 Å². The molecule has 1 unspecified atom stereocenters. The Kier molecular flexibility index (Phi) is 7.42. The molecule has 4 heterocycles. The number of aromatic nitrogens is 2. The molecule has 9 nitrogen and oxygen atoms in total. The number of amides is 2. The number of aryl methyl sites for hydroxylation is 1. The van der Waals surface area contributed by atoms with Gasteiger partial charge in [-0.15, -0.1) is 0 Å². The number of rotatable bonds is 6. The smallest absolute Gasteiger partial charge is 0.301 e. The molecule has 0 bridgehead atoms. The van der Waals surface area contributed by atoms with E-state index in [0.717, 1.165) is 49.7 Å². The second-order valence-corrected chi connectivity index (χ2v) is 12.0. The zero-order valence-electron chi connectivity index (χ0n) is 22.7. The molecule has 2 amide bonds. The maximum absolute atomic E-state index is 13.1. The van der Waals surface area contributed by atoms with Crippen molar-refractivity contribution >= 4 is 22.8 Å². The summed E-state index contributed by atoms with van der Waals surface area (Å²) >= 11 is 0. The van der Waals surface area contributed by atoms with Gasteiger partial charge >= 0.3 is 5.69 Å². The van der Waals surface area contributed by atoms with Gasteiger partial charge < -0.3 is 4.90 Å². The van der Waals surface area contributed by atoms with Gasteiger partial charge in [-0.2, -0.15) is 0 Å². The molecule has 1 aromatic heterocycles. The van der Waals surface area contributed by atoms with Crippen LogP contribution < -0.4 is 11.0 Å². The second kappa shape index (κ2) is 10.9. The summed E-state index contributed by atoms with van der Waals surface area (Å²) in [7, 11) is 1.76. The number of nitrogens with one attached hydrogen (secondary N) is 1. The lowest BCUT2D eigenvalue weighted by atomic mass is 9.89. The fourth-order valence-corrected chi connectivity index (χ4v) is 7.29. The molecule has 206 valence electrons. The number of piperazine rings is 1. The molecule has 4 fully saturated rings. The molecule has 1 N–H and O–H groups in total. The van der Waals surface area contributed by atoms with Crippen molar-refractivity contribution < 1.29 is 9.59 Å². The Balaban J connectivity index is 1.05. The Morgan fingerprint density at radius 2 is 1.66 bits per heavy atom. The van der Waals surface area contributed by atoms with Gasteiger partial charge in [0.05, 0.1) is 11.0 Å². The van der Waals surface area contributed by atoms with Gasteiger partial charge in [0.15, 0.2) is 0 Å². The van der Waals surface area contributed by atoms with Crippen molar-refractivity contribution in [1.82, 2.24) is 29.2 Å². The summed E-state index contributed by atoms with van der Waals surface area (Å²) in [6.07, 6.45) is 9.07. The quantitative estimate of drug-likeness (QED) is 0.585. The van der Waals surface area contributed by atoms with Crippen LogP contribution >= 0.6 is 0 Å². The summed E-state index contributed by atoms with van der Waals surface area (Å²) in [6, 6.07) is 6.20. The largest absolute Gasteiger partial charge is 0.329 e. The molecule has 2 aromatic rings. The number of fused-ring (bicyclic) bond motifs is 1. The Morgan fingerprint density at radius 1 is 0.868 bits per heavy atom. The highest BCUT2D eigenvalue weighted by molar-refractivity contribution is 6.00. The summed E-state index contributed by atoms with van der Waals surface area (Å²) in [5.41, 5.74) is 2.55. The van der Waals surface area contributed by atoms with Gasteiger partial charge in [0.25, 0.3) is 0 Å². The van der Waals surface area contributed by atoms with Crippen molar-refractivity contribution in [3.8, 4) is 0 Å². The number of benzene rings is 1. The predicted molar refractivity (Wildman–Crippen MR) is 147 cm³/mol. The van der Waals surface area contributed by atoms with E-state index in [-0.39, 0.29) is 18.0 Å². The van der Waals surface area contributed by atoms with Crippen molar-refractivity contribution in [2.75, 3.05) is 45.8 Å². The van der Waals surface area contributed by atoms with E-state index in [1.165, 1.54) is 63.7 Å². The first kappa shape index (κ1) is 25.8. The van der Waals surface area contributed by atoms with Gasteiger partial charge in [-0.1, -0.05) is 25.3 Å². The second-order valence-electron chi connectivity index (χ2n) is 12.0. The maximum atomic E-state index is 13.1. The molecule has 1 aliphatic carbocycles. The highest BCUT2D eigenvalue weighted by atomic mass is 16.2. The number of piperidine rings is 1. The van der Waals surface area contributed by atoms with Crippen molar-refractivity contribution in [1.29, 1.82) is 0 Å². The topological polar surface area (TPSA) is 82.8 Å².